The third kappa shape index (κ3) is 2.24. The van der Waals surface area contributed by atoms with E-state index >= 15 is 0 Å². The van der Waals surface area contributed by atoms with Gasteiger partial charge in [-0.3, -0.25) is 0 Å². The topological polar surface area (TPSA) is 27.0 Å². The fourth-order valence-electron chi connectivity index (χ4n) is 2.01. The summed E-state index contributed by atoms with van der Waals surface area (Å²) in [5, 5.41) is 9.80. The maximum Gasteiger partial charge on any atom is 0.116 e. The summed E-state index contributed by atoms with van der Waals surface area (Å²) in [6.07, 6.45) is 3.29. The van der Waals surface area contributed by atoms with Gasteiger partial charge in [0.1, 0.15) is 6.04 Å². The van der Waals surface area contributed by atoms with Gasteiger partial charge in [-0.05, 0) is 43.5 Å². The number of nitriles is 1. The second-order valence-electron chi connectivity index (χ2n) is 3.81. The Kier molecular flexibility index (Phi) is 3.13. The van der Waals surface area contributed by atoms with Crippen molar-refractivity contribution in [2.75, 3.05) is 11.4 Å². The Labute approximate surface area is 95.1 Å². The SMILES string of the molecule is N#CC1CCCCN1c1ccc(Cl)cc1. The zero-order valence-corrected chi connectivity index (χ0v) is 9.24. The van der Waals surface area contributed by atoms with Gasteiger partial charge in [0.15, 0.2) is 0 Å². The van der Waals surface area contributed by atoms with Crippen LogP contribution >= 0.6 is 11.6 Å². The largest absolute Gasteiger partial charge is 0.356 e. The molecular formula is C12H13ClN2. The molecule has 1 fully saturated rings. The Balaban J connectivity index is 2.21. The molecule has 0 saturated carbocycles. The van der Waals surface area contributed by atoms with Gasteiger partial charge < -0.3 is 4.90 Å². The van der Waals surface area contributed by atoms with Crippen molar-refractivity contribution in [3.63, 3.8) is 0 Å². The van der Waals surface area contributed by atoms with Crippen LogP contribution in [0.25, 0.3) is 0 Å². The smallest absolute Gasteiger partial charge is 0.116 e. The normalized spacial score (nSPS) is 21.1. The number of hydrogen-bond donors (Lipinski definition) is 0. The fourth-order valence-corrected chi connectivity index (χ4v) is 2.13. The molecule has 1 aromatic rings. The van der Waals surface area contributed by atoms with Crippen LogP contribution < -0.4 is 4.90 Å². The van der Waals surface area contributed by atoms with E-state index in [1.54, 1.807) is 0 Å². The average molecular weight is 221 g/mol. The molecule has 0 bridgehead atoms. The summed E-state index contributed by atoms with van der Waals surface area (Å²) in [7, 11) is 0. The Morgan fingerprint density at radius 3 is 2.67 bits per heavy atom. The summed E-state index contributed by atoms with van der Waals surface area (Å²) in [4.78, 5) is 2.17. The maximum atomic E-state index is 9.06. The predicted molar refractivity (Wildman–Crippen MR) is 62.1 cm³/mol. The zero-order chi connectivity index (χ0) is 10.7. The van der Waals surface area contributed by atoms with Gasteiger partial charge in [0.25, 0.3) is 0 Å². The van der Waals surface area contributed by atoms with Gasteiger partial charge in [0.2, 0.25) is 0 Å². The van der Waals surface area contributed by atoms with Crippen molar-refractivity contribution in [1.29, 1.82) is 5.26 Å². The van der Waals surface area contributed by atoms with Crippen LogP contribution in [0.1, 0.15) is 19.3 Å². The van der Waals surface area contributed by atoms with Gasteiger partial charge in [-0.25, -0.2) is 0 Å². The maximum absolute atomic E-state index is 9.06. The Hall–Kier alpha value is -1.20. The second kappa shape index (κ2) is 4.55. The highest BCUT2D eigenvalue weighted by atomic mass is 35.5. The monoisotopic (exact) mass is 220 g/mol. The lowest BCUT2D eigenvalue weighted by Crippen LogP contribution is -2.38. The number of benzene rings is 1. The van der Waals surface area contributed by atoms with Crippen molar-refractivity contribution in [2.45, 2.75) is 25.3 Å². The van der Waals surface area contributed by atoms with Crippen LogP contribution in [0.5, 0.6) is 0 Å². The van der Waals surface area contributed by atoms with Crippen LogP contribution in [-0.2, 0) is 0 Å². The van der Waals surface area contributed by atoms with Crippen LogP contribution in [0.3, 0.4) is 0 Å². The summed E-state index contributed by atoms with van der Waals surface area (Å²) in [6.45, 7) is 0.972. The number of rotatable bonds is 1. The van der Waals surface area contributed by atoms with Crippen LogP contribution in [0.4, 0.5) is 5.69 Å². The van der Waals surface area contributed by atoms with E-state index < -0.39 is 0 Å². The van der Waals surface area contributed by atoms with Crippen molar-refractivity contribution in [2.24, 2.45) is 0 Å². The minimum atomic E-state index is 0.0277. The third-order valence-corrected chi connectivity index (χ3v) is 3.06. The van der Waals surface area contributed by atoms with E-state index in [0.717, 1.165) is 30.1 Å². The van der Waals surface area contributed by atoms with Crippen LogP contribution in [0, 0.1) is 11.3 Å². The molecule has 0 amide bonds. The molecule has 0 aromatic heterocycles. The van der Waals surface area contributed by atoms with Gasteiger partial charge in [0, 0.05) is 17.3 Å². The lowest BCUT2D eigenvalue weighted by Gasteiger charge is -2.33. The number of piperidine rings is 1. The first-order valence-electron chi connectivity index (χ1n) is 5.23. The molecule has 1 saturated heterocycles. The number of hydrogen-bond acceptors (Lipinski definition) is 2. The molecule has 0 radical (unpaired) electrons. The highest BCUT2D eigenvalue weighted by Gasteiger charge is 2.21. The average Bonchev–Trinajstić information content (AvgIpc) is 2.30. The molecule has 1 heterocycles. The second-order valence-corrected chi connectivity index (χ2v) is 4.25. The quantitative estimate of drug-likeness (QED) is 0.727. The lowest BCUT2D eigenvalue weighted by molar-refractivity contribution is 0.521. The van der Waals surface area contributed by atoms with E-state index in [4.69, 9.17) is 16.9 Å². The molecule has 2 rings (SSSR count). The molecule has 78 valence electrons. The van der Waals surface area contributed by atoms with Crippen LogP contribution in [-0.4, -0.2) is 12.6 Å². The van der Waals surface area contributed by atoms with Gasteiger partial charge in [-0.1, -0.05) is 11.6 Å². The van der Waals surface area contributed by atoms with Crippen molar-refractivity contribution in [3.8, 4) is 6.07 Å². The summed E-state index contributed by atoms with van der Waals surface area (Å²) >= 11 is 5.84. The molecule has 0 aliphatic carbocycles. The van der Waals surface area contributed by atoms with Gasteiger partial charge in [-0.15, -0.1) is 0 Å². The molecule has 2 nitrogen and oxygen atoms in total. The highest BCUT2D eigenvalue weighted by Crippen LogP contribution is 2.25. The van der Waals surface area contributed by atoms with E-state index in [0.29, 0.717) is 0 Å². The molecule has 1 aliphatic rings. The standard InChI is InChI=1S/C12H13ClN2/c13-10-4-6-11(7-5-10)15-8-2-1-3-12(15)9-14/h4-7,12H,1-3,8H2. The van der Waals surface area contributed by atoms with Crippen molar-refractivity contribution in [1.82, 2.24) is 0 Å². The molecule has 0 spiro atoms. The van der Waals surface area contributed by atoms with E-state index in [1.807, 2.05) is 24.3 Å². The first-order chi connectivity index (χ1) is 7.31. The first kappa shape index (κ1) is 10.3. The first-order valence-corrected chi connectivity index (χ1v) is 5.61. The Bertz CT molecular complexity index is 366. The van der Waals surface area contributed by atoms with E-state index in [2.05, 4.69) is 11.0 Å². The molecule has 0 N–H and O–H groups in total. The minimum absolute atomic E-state index is 0.0277. The van der Waals surface area contributed by atoms with Crippen molar-refractivity contribution in [3.05, 3.63) is 29.3 Å². The number of nitrogens with zero attached hydrogens (tertiary/aromatic N) is 2. The molecule has 15 heavy (non-hydrogen) atoms. The van der Waals surface area contributed by atoms with Crippen LogP contribution in [0.15, 0.2) is 24.3 Å². The molecule has 3 heteroatoms. The van der Waals surface area contributed by atoms with Gasteiger partial charge in [0.05, 0.1) is 6.07 Å². The minimum Gasteiger partial charge on any atom is -0.356 e. The lowest BCUT2D eigenvalue weighted by atomic mass is 10.0. The molecule has 1 atom stereocenters. The summed E-state index contributed by atoms with van der Waals surface area (Å²) in [5.41, 5.74) is 1.10. The molecule has 1 aromatic carbocycles. The van der Waals surface area contributed by atoms with E-state index in [9.17, 15) is 0 Å². The fraction of sp³-hybridized carbons (Fsp3) is 0.417. The van der Waals surface area contributed by atoms with Gasteiger partial charge >= 0.3 is 0 Å². The predicted octanol–water partition coefficient (Wildman–Crippen LogP) is 3.22. The zero-order valence-electron chi connectivity index (χ0n) is 8.49. The Morgan fingerprint density at radius 2 is 2.00 bits per heavy atom. The summed E-state index contributed by atoms with van der Waals surface area (Å²) in [5.74, 6) is 0. The third-order valence-electron chi connectivity index (χ3n) is 2.81. The van der Waals surface area contributed by atoms with E-state index in [-0.39, 0.29) is 6.04 Å². The molecule has 1 unspecified atom stereocenters. The Morgan fingerprint density at radius 1 is 1.27 bits per heavy atom. The number of anilines is 1. The number of halogens is 1. The summed E-state index contributed by atoms with van der Waals surface area (Å²) in [6, 6.07) is 10.1. The van der Waals surface area contributed by atoms with Crippen molar-refractivity contribution < 1.29 is 0 Å². The van der Waals surface area contributed by atoms with Gasteiger partial charge in [-0.2, -0.15) is 5.26 Å². The highest BCUT2D eigenvalue weighted by molar-refractivity contribution is 6.30. The van der Waals surface area contributed by atoms with Crippen molar-refractivity contribution >= 4 is 17.3 Å². The van der Waals surface area contributed by atoms with Crippen LogP contribution in [0.2, 0.25) is 5.02 Å². The molecule has 1 aliphatic heterocycles. The summed E-state index contributed by atoms with van der Waals surface area (Å²) < 4.78 is 0. The molecular weight excluding hydrogens is 208 g/mol. The van der Waals surface area contributed by atoms with E-state index in [1.165, 1.54) is 6.42 Å².